The number of carbonyl (C=O) groups excluding carboxylic acids is 1. The van der Waals surface area contributed by atoms with Crippen LogP contribution < -0.4 is 15.7 Å². The van der Waals surface area contributed by atoms with Crippen LogP contribution in [-0.2, 0) is 11.3 Å². The Kier molecular flexibility index (Phi) is 6.66. The van der Waals surface area contributed by atoms with Gasteiger partial charge in [-0.25, -0.2) is 9.48 Å². The molecule has 2 heterocycles. The van der Waals surface area contributed by atoms with E-state index >= 15 is 0 Å². The van der Waals surface area contributed by atoms with Crippen LogP contribution in [0.15, 0.2) is 53.5 Å². The highest BCUT2D eigenvalue weighted by Crippen LogP contribution is 2.23. The van der Waals surface area contributed by atoms with E-state index in [1.54, 1.807) is 31.5 Å². The number of ether oxygens (including phenoxy) is 1. The SMILES string of the molecule is CCN(CC)C(CNC(=O)Cn1nc2ccccn2c1=O)c1cccc(OC)c1. The van der Waals surface area contributed by atoms with Gasteiger partial charge in [-0.2, -0.15) is 0 Å². The molecule has 8 nitrogen and oxygen atoms in total. The summed E-state index contributed by atoms with van der Waals surface area (Å²) in [5, 5.41) is 7.16. The van der Waals surface area contributed by atoms with Crippen LogP contribution in [0.4, 0.5) is 0 Å². The quantitative estimate of drug-likeness (QED) is 0.594. The van der Waals surface area contributed by atoms with Crippen molar-refractivity contribution in [3.8, 4) is 5.75 Å². The Bertz CT molecular complexity index is 1020. The number of rotatable bonds is 9. The highest BCUT2D eigenvalue weighted by molar-refractivity contribution is 5.75. The summed E-state index contributed by atoms with van der Waals surface area (Å²) in [5.41, 5.74) is 1.25. The third-order valence-electron chi connectivity index (χ3n) is 5.01. The number of fused-ring (bicyclic) bond motifs is 1. The molecule has 3 aromatic rings. The second-order valence-corrected chi connectivity index (χ2v) is 6.69. The molecule has 1 N–H and O–H groups in total. The molecule has 29 heavy (non-hydrogen) atoms. The second-order valence-electron chi connectivity index (χ2n) is 6.69. The molecule has 0 radical (unpaired) electrons. The maximum absolute atomic E-state index is 12.5. The van der Waals surface area contributed by atoms with E-state index in [9.17, 15) is 9.59 Å². The van der Waals surface area contributed by atoms with Gasteiger partial charge in [0.25, 0.3) is 0 Å². The van der Waals surface area contributed by atoms with Gasteiger partial charge >= 0.3 is 5.69 Å². The van der Waals surface area contributed by atoms with E-state index in [0.29, 0.717) is 12.2 Å². The molecule has 3 rings (SSSR count). The number of hydrogen-bond donors (Lipinski definition) is 1. The fourth-order valence-electron chi connectivity index (χ4n) is 3.44. The molecule has 0 saturated heterocycles. The van der Waals surface area contributed by atoms with Crippen molar-refractivity contribution in [3.05, 3.63) is 64.7 Å². The summed E-state index contributed by atoms with van der Waals surface area (Å²) in [6, 6.07) is 13.2. The van der Waals surface area contributed by atoms with Gasteiger partial charge < -0.3 is 10.1 Å². The molecule has 0 bridgehead atoms. The maximum atomic E-state index is 12.5. The Balaban J connectivity index is 1.73. The molecule has 1 amide bonds. The van der Waals surface area contributed by atoms with Gasteiger partial charge in [0.1, 0.15) is 12.3 Å². The van der Waals surface area contributed by atoms with Crippen molar-refractivity contribution in [2.24, 2.45) is 0 Å². The average Bonchev–Trinajstić information content (AvgIpc) is 3.06. The molecule has 0 fully saturated rings. The van der Waals surface area contributed by atoms with Crippen LogP contribution in [0.5, 0.6) is 5.75 Å². The minimum absolute atomic E-state index is 0.00170. The summed E-state index contributed by atoms with van der Waals surface area (Å²) in [6.45, 7) is 6.18. The second kappa shape index (κ2) is 9.38. The summed E-state index contributed by atoms with van der Waals surface area (Å²) in [7, 11) is 1.64. The first-order chi connectivity index (χ1) is 14.1. The lowest BCUT2D eigenvalue weighted by Gasteiger charge is -2.30. The summed E-state index contributed by atoms with van der Waals surface area (Å²) in [4.78, 5) is 27.2. The molecule has 1 aromatic carbocycles. The molecule has 2 aromatic heterocycles. The predicted octanol–water partition coefficient (Wildman–Crippen LogP) is 1.70. The van der Waals surface area contributed by atoms with E-state index in [4.69, 9.17) is 4.74 Å². The summed E-state index contributed by atoms with van der Waals surface area (Å²) in [6.07, 6.45) is 1.64. The highest BCUT2D eigenvalue weighted by Gasteiger charge is 2.20. The van der Waals surface area contributed by atoms with Crippen LogP contribution in [0.2, 0.25) is 0 Å². The van der Waals surface area contributed by atoms with Crippen LogP contribution in [0, 0.1) is 0 Å². The van der Waals surface area contributed by atoms with Crippen molar-refractivity contribution in [2.75, 3.05) is 26.7 Å². The Labute approximate surface area is 169 Å². The van der Waals surface area contributed by atoms with E-state index in [1.807, 2.05) is 24.3 Å². The number of likely N-dealkylation sites (N-methyl/N-ethyl adjacent to an activating group) is 1. The summed E-state index contributed by atoms with van der Waals surface area (Å²) in [5.74, 6) is 0.526. The monoisotopic (exact) mass is 397 g/mol. The number of carbonyl (C=O) groups is 1. The Hall–Kier alpha value is -3.13. The molecule has 0 aliphatic carbocycles. The van der Waals surface area contributed by atoms with E-state index in [1.165, 1.54) is 9.08 Å². The number of hydrogen-bond acceptors (Lipinski definition) is 5. The first kappa shape index (κ1) is 20.6. The van der Waals surface area contributed by atoms with Crippen molar-refractivity contribution in [1.29, 1.82) is 0 Å². The number of amides is 1. The van der Waals surface area contributed by atoms with Crippen molar-refractivity contribution in [1.82, 2.24) is 24.4 Å². The maximum Gasteiger partial charge on any atom is 0.350 e. The van der Waals surface area contributed by atoms with E-state index in [2.05, 4.69) is 29.2 Å². The minimum atomic E-state index is -0.330. The number of aromatic nitrogens is 3. The van der Waals surface area contributed by atoms with Crippen LogP contribution >= 0.6 is 0 Å². The lowest BCUT2D eigenvalue weighted by Crippen LogP contribution is -2.40. The summed E-state index contributed by atoms with van der Waals surface area (Å²) < 4.78 is 7.95. The zero-order valence-corrected chi connectivity index (χ0v) is 17.0. The fourth-order valence-corrected chi connectivity index (χ4v) is 3.44. The molecule has 0 spiro atoms. The van der Waals surface area contributed by atoms with Crippen LogP contribution in [-0.4, -0.2) is 51.7 Å². The van der Waals surface area contributed by atoms with Crippen molar-refractivity contribution in [2.45, 2.75) is 26.4 Å². The molecule has 154 valence electrons. The molecular formula is C21H27N5O3. The zero-order chi connectivity index (χ0) is 20.8. The fraction of sp³-hybridized carbons (Fsp3) is 0.381. The van der Waals surface area contributed by atoms with Gasteiger partial charge in [0.2, 0.25) is 5.91 Å². The average molecular weight is 397 g/mol. The molecule has 8 heteroatoms. The number of nitrogens with one attached hydrogen (secondary N) is 1. The van der Waals surface area contributed by atoms with Gasteiger partial charge in [-0.3, -0.25) is 14.1 Å². The largest absolute Gasteiger partial charge is 0.497 e. The van der Waals surface area contributed by atoms with Crippen molar-refractivity contribution in [3.63, 3.8) is 0 Å². The van der Waals surface area contributed by atoms with E-state index in [0.717, 1.165) is 24.4 Å². The molecule has 1 unspecified atom stereocenters. The van der Waals surface area contributed by atoms with Gasteiger partial charge in [0.15, 0.2) is 5.65 Å². The van der Waals surface area contributed by atoms with Gasteiger partial charge in [-0.05, 0) is 42.9 Å². The third kappa shape index (κ3) is 4.65. The van der Waals surface area contributed by atoms with Crippen molar-refractivity contribution < 1.29 is 9.53 Å². The Morgan fingerprint density at radius 2 is 2.00 bits per heavy atom. The Morgan fingerprint density at radius 1 is 1.21 bits per heavy atom. The van der Waals surface area contributed by atoms with Crippen LogP contribution in [0.3, 0.4) is 0 Å². The topological polar surface area (TPSA) is 80.9 Å². The molecular weight excluding hydrogens is 370 g/mol. The molecule has 0 saturated carbocycles. The number of methoxy groups -OCH3 is 1. The lowest BCUT2D eigenvalue weighted by molar-refractivity contribution is -0.122. The van der Waals surface area contributed by atoms with Gasteiger partial charge in [-0.1, -0.05) is 32.0 Å². The standard InChI is InChI=1S/C21H27N5O3/c1-4-24(5-2)18(16-9-8-10-17(13-16)29-3)14-22-20(27)15-26-21(28)25-12-7-6-11-19(25)23-26/h6-13,18H,4-5,14-15H2,1-3H3,(H,22,27). The number of benzene rings is 1. The first-order valence-corrected chi connectivity index (χ1v) is 9.76. The van der Waals surface area contributed by atoms with E-state index < -0.39 is 0 Å². The zero-order valence-electron chi connectivity index (χ0n) is 17.0. The number of pyridine rings is 1. The summed E-state index contributed by atoms with van der Waals surface area (Å²) >= 11 is 0. The lowest BCUT2D eigenvalue weighted by atomic mass is 10.0. The molecule has 1 atom stereocenters. The predicted molar refractivity (Wildman–Crippen MR) is 111 cm³/mol. The van der Waals surface area contributed by atoms with Crippen LogP contribution in [0.1, 0.15) is 25.5 Å². The number of nitrogens with zero attached hydrogens (tertiary/aromatic N) is 4. The normalized spacial score (nSPS) is 12.3. The minimum Gasteiger partial charge on any atom is -0.497 e. The van der Waals surface area contributed by atoms with Gasteiger partial charge in [0, 0.05) is 12.7 Å². The first-order valence-electron chi connectivity index (χ1n) is 9.76. The molecule has 0 aliphatic heterocycles. The highest BCUT2D eigenvalue weighted by atomic mass is 16.5. The van der Waals surface area contributed by atoms with Gasteiger partial charge in [-0.15, -0.1) is 5.10 Å². The smallest absolute Gasteiger partial charge is 0.350 e. The van der Waals surface area contributed by atoms with Crippen molar-refractivity contribution >= 4 is 11.6 Å². The van der Waals surface area contributed by atoms with Gasteiger partial charge in [0.05, 0.1) is 13.2 Å². The van der Waals surface area contributed by atoms with E-state index in [-0.39, 0.29) is 24.2 Å². The third-order valence-corrected chi connectivity index (χ3v) is 5.01. The molecule has 0 aliphatic rings. The van der Waals surface area contributed by atoms with Crippen LogP contribution in [0.25, 0.3) is 5.65 Å². The Morgan fingerprint density at radius 3 is 2.69 bits per heavy atom.